The molecule has 0 spiro atoms. The molecule has 1 atom stereocenters. The lowest BCUT2D eigenvalue weighted by Crippen LogP contribution is -2.49. The smallest absolute Gasteiger partial charge is 0.252 e. The van der Waals surface area contributed by atoms with Crippen LogP contribution >= 0.6 is 0 Å². The lowest BCUT2D eigenvalue weighted by atomic mass is 10.1. The summed E-state index contributed by atoms with van der Waals surface area (Å²) in [5, 5.41) is 4.09. The Hall–Kier alpha value is -3.34. The van der Waals surface area contributed by atoms with Crippen LogP contribution in [0.1, 0.15) is 48.7 Å². The van der Waals surface area contributed by atoms with Gasteiger partial charge in [-0.2, -0.15) is 0 Å². The molecule has 41 heavy (non-hydrogen) atoms. The molecule has 5 heterocycles. The second-order valence-corrected chi connectivity index (χ2v) is 11.5. The maximum atomic E-state index is 13.6. The lowest BCUT2D eigenvalue weighted by Gasteiger charge is -2.37. The molecular formula is C31H42N8O2. The molecule has 10 heteroatoms. The first-order valence-corrected chi connectivity index (χ1v) is 15.1. The van der Waals surface area contributed by atoms with Gasteiger partial charge in [0.25, 0.3) is 5.91 Å². The molecule has 0 saturated carbocycles. The second kappa shape index (κ2) is 12.7. The van der Waals surface area contributed by atoms with Gasteiger partial charge in [0.2, 0.25) is 5.95 Å². The van der Waals surface area contributed by atoms with E-state index in [-0.39, 0.29) is 11.9 Å². The Morgan fingerprint density at radius 2 is 1.61 bits per heavy atom. The summed E-state index contributed by atoms with van der Waals surface area (Å²) in [6.07, 6.45) is 6.23. The minimum atomic E-state index is -0.0939. The number of piperazine rings is 1. The van der Waals surface area contributed by atoms with Crippen LogP contribution in [0, 0.1) is 0 Å². The Balaban J connectivity index is 1.16. The molecule has 0 radical (unpaired) electrons. The molecule has 3 aromatic rings. The van der Waals surface area contributed by atoms with Crippen LogP contribution in [0.3, 0.4) is 0 Å². The van der Waals surface area contributed by atoms with Gasteiger partial charge in [0.1, 0.15) is 5.82 Å². The monoisotopic (exact) mass is 558 g/mol. The van der Waals surface area contributed by atoms with E-state index in [0.29, 0.717) is 31.4 Å². The van der Waals surface area contributed by atoms with Gasteiger partial charge in [0.15, 0.2) is 0 Å². The summed E-state index contributed by atoms with van der Waals surface area (Å²) in [6, 6.07) is 10.4. The molecule has 1 aromatic carbocycles. The predicted molar refractivity (Wildman–Crippen MR) is 162 cm³/mol. The number of morpholine rings is 1. The molecule has 0 aliphatic carbocycles. The van der Waals surface area contributed by atoms with Crippen molar-refractivity contribution in [2.24, 2.45) is 0 Å². The molecule has 10 nitrogen and oxygen atoms in total. The van der Waals surface area contributed by atoms with Gasteiger partial charge in [0, 0.05) is 93.9 Å². The third-order valence-electron chi connectivity index (χ3n) is 8.70. The number of fused-ring (bicyclic) bond motifs is 1. The van der Waals surface area contributed by atoms with Gasteiger partial charge in [-0.3, -0.25) is 14.6 Å². The predicted octanol–water partition coefficient (Wildman–Crippen LogP) is 2.96. The quantitative estimate of drug-likeness (QED) is 0.448. The number of anilines is 2. The van der Waals surface area contributed by atoms with Crippen molar-refractivity contribution in [2.75, 3.05) is 81.9 Å². The van der Waals surface area contributed by atoms with E-state index in [1.54, 1.807) is 0 Å². The van der Waals surface area contributed by atoms with Crippen molar-refractivity contribution in [3.63, 3.8) is 0 Å². The first-order chi connectivity index (χ1) is 20.1. The van der Waals surface area contributed by atoms with E-state index in [0.717, 1.165) is 80.6 Å². The summed E-state index contributed by atoms with van der Waals surface area (Å²) in [6.45, 7) is 14.0. The summed E-state index contributed by atoms with van der Waals surface area (Å²) >= 11 is 0. The average molecular weight is 559 g/mol. The van der Waals surface area contributed by atoms with Gasteiger partial charge < -0.3 is 19.9 Å². The number of aromatic nitrogens is 3. The average Bonchev–Trinajstić information content (AvgIpc) is 3.57. The molecule has 1 amide bonds. The van der Waals surface area contributed by atoms with E-state index in [1.165, 1.54) is 12.8 Å². The number of hydrogen-bond acceptors (Lipinski definition) is 9. The third-order valence-corrected chi connectivity index (χ3v) is 8.70. The highest BCUT2D eigenvalue weighted by atomic mass is 16.5. The van der Waals surface area contributed by atoms with Gasteiger partial charge >= 0.3 is 0 Å². The van der Waals surface area contributed by atoms with Crippen LogP contribution in [0.5, 0.6) is 0 Å². The number of rotatable bonds is 8. The molecule has 1 unspecified atom stereocenters. The summed E-state index contributed by atoms with van der Waals surface area (Å²) in [5.41, 5.74) is 2.50. The number of hydrogen-bond donors (Lipinski definition) is 1. The number of nitrogens with zero attached hydrogens (tertiary/aromatic N) is 7. The van der Waals surface area contributed by atoms with E-state index >= 15 is 0 Å². The molecule has 3 fully saturated rings. The molecule has 3 saturated heterocycles. The highest BCUT2D eigenvalue weighted by Crippen LogP contribution is 2.25. The van der Waals surface area contributed by atoms with E-state index in [4.69, 9.17) is 19.7 Å². The van der Waals surface area contributed by atoms with Crippen molar-refractivity contribution >= 4 is 28.6 Å². The van der Waals surface area contributed by atoms with Crippen molar-refractivity contribution in [1.82, 2.24) is 30.1 Å². The first kappa shape index (κ1) is 27.8. The zero-order chi connectivity index (χ0) is 28.2. The highest BCUT2D eigenvalue weighted by Gasteiger charge is 2.26. The minimum absolute atomic E-state index is 0.0281. The van der Waals surface area contributed by atoms with E-state index in [9.17, 15) is 4.79 Å². The first-order valence-electron chi connectivity index (χ1n) is 15.1. The number of carbonyl (C=O) groups excluding carboxylic acids is 1. The molecule has 3 aliphatic rings. The minimum Gasteiger partial charge on any atom is -0.379 e. The Morgan fingerprint density at radius 1 is 0.878 bits per heavy atom. The summed E-state index contributed by atoms with van der Waals surface area (Å²) < 4.78 is 5.60. The van der Waals surface area contributed by atoms with Crippen LogP contribution in [-0.4, -0.2) is 109 Å². The van der Waals surface area contributed by atoms with E-state index in [2.05, 4.69) is 44.8 Å². The zero-order valence-electron chi connectivity index (χ0n) is 24.3. The number of ether oxygens (including phenoxy) is 1. The molecule has 2 aromatic heterocycles. The molecule has 1 N–H and O–H groups in total. The number of amides is 1. The van der Waals surface area contributed by atoms with Crippen LogP contribution in [0.2, 0.25) is 0 Å². The molecular weight excluding hydrogens is 516 g/mol. The van der Waals surface area contributed by atoms with Crippen LogP contribution in [0.25, 0.3) is 10.9 Å². The van der Waals surface area contributed by atoms with Crippen LogP contribution < -0.4 is 15.1 Å². The largest absolute Gasteiger partial charge is 0.379 e. The number of nitrogens with one attached hydrogen (secondary N) is 1. The fourth-order valence-corrected chi connectivity index (χ4v) is 6.20. The van der Waals surface area contributed by atoms with Gasteiger partial charge in [-0.15, -0.1) is 0 Å². The van der Waals surface area contributed by atoms with Gasteiger partial charge in [-0.1, -0.05) is 6.07 Å². The van der Waals surface area contributed by atoms with E-state index < -0.39 is 0 Å². The van der Waals surface area contributed by atoms with Crippen molar-refractivity contribution < 1.29 is 9.53 Å². The van der Waals surface area contributed by atoms with Gasteiger partial charge in [-0.25, -0.2) is 15.0 Å². The summed E-state index contributed by atoms with van der Waals surface area (Å²) in [7, 11) is 0. The second-order valence-electron chi connectivity index (χ2n) is 11.5. The SMILES string of the molecule is CC(C)N1CCN(c2ccc3c(C(=O)NCC(c4cnc(N5CCCC5)nc4)N4CCOCC4)cccc3n2)CC1. The fourth-order valence-electron chi connectivity index (χ4n) is 6.20. The summed E-state index contributed by atoms with van der Waals surface area (Å²) in [5.74, 6) is 1.67. The normalized spacial score (nSPS) is 19.7. The number of pyridine rings is 1. The maximum Gasteiger partial charge on any atom is 0.252 e. The zero-order valence-corrected chi connectivity index (χ0v) is 24.3. The Bertz CT molecular complexity index is 1310. The topological polar surface area (TPSA) is 90.0 Å². The fraction of sp³-hybridized carbons (Fsp3) is 0.548. The lowest BCUT2D eigenvalue weighted by molar-refractivity contribution is 0.0161. The van der Waals surface area contributed by atoms with Crippen molar-refractivity contribution in [3.05, 3.63) is 53.9 Å². The van der Waals surface area contributed by atoms with Crippen LogP contribution in [0.4, 0.5) is 11.8 Å². The molecule has 0 bridgehead atoms. The van der Waals surface area contributed by atoms with E-state index in [1.807, 2.05) is 36.7 Å². The highest BCUT2D eigenvalue weighted by molar-refractivity contribution is 6.06. The van der Waals surface area contributed by atoms with Gasteiger partial charge in [0.05, 0.1) is 24.8 Å². The Kier molecular flexibility index (Phi) is 8.59. The number of benzene rings is 1. The molecule has 6 rings (SSSR count). The third kappa shape index (κ3) is 6.29. The van der Waals surface area contributed by atoms with Crippen LogP contribution in [-0.2, 0) is 4.74 Å². The molecule has 218 valence electrons. The van der Waals surface area contributed by atoms with Crippen molar-refractivity contribution in [3.8, 4) is 0 Å². The van der Waals surface area contributed by atoms with Crippen molar-refractivity contribution in [1.29, 1.82) is 0 Å². The molecule has 3 aliphatic heterocycles. The number of carbonyl (C=O) groups is 1. The standard InChI is InChI=1S/C31H42N8O2/c1-23(2)36-12-14-38(15-13-36)29-9-8-25-26(6-5-7-27(25)35-29)30(40)32-22-28(37-16-18-41-19-17-37)24-20-33-31(34-21-24)39-10-3-4-11-39/h5-9,20-21,23,28H,3-4,10-19,22H2,1-2H3,(H,32,40). The Morgan fingerprint density at radius 3 is 2.32 bits per heavy atom. The van der Waals surface area contributed by atoms with Crippen LogP contribution in [0.15, 0.2) is 42.7 Å². The van der Waals surface area contributed by atoms with Crippen molar-refractivity contribution in [2.45, 2.75) is 38.8 Å². The van der Waals surface area contributed by atoms with Gasteiger partial charge in [-0.05, 0) is 51.0 Å². The Labute approximate surface area is 242 Å². The maximum absolute atomic E-state index is 13.6. The summed E-state index contributed by atoms with van der Waals surface area (Å²) in [4.78, 5) is 37.3.